The van der Waals surface area contributed by atoms with Crippen LogP contribution in [0, 0.1) is 11.8 Å². The maximum atomic E-state index is 8.77. The molecule has 0 unspecified atom stereocenters. The van der Waals surface area contributed by atoms with Gasteiger partial charge in [-0.3, -0.25) is 4.90 Å². The molecular formula is C16H23NO2. The summed E-state index contributed by atoms with van der Waals surface area (Å²) in [5.41, 5.74) is 2.12. The van der Waals surface area contributed by atoms with E-state index in [1.807, 2.05) is 6.07 Å². The fourth-order valence-corrected chi connectivity index (χ4v) is 1.87. The minimum atomic E-state index is 0.0917. The highest BCUT2D eigenvalue weighted by molar-refractivity contribution is 5.48. The lowest BCUT2D eigenvalue weighted by molar-refractivity contribution is 0.295. The number of hydrogen-bond acceptors (Lipinski definition) is 3. The zero-order valence-electron chi connectivity index (χ0n) is 12.1. The Kier molecular flexibility index (Phi) is 7.02. The molecule has 0 heterocycles. The van der Waals surface area contributed by atoms with Gasteiger partial charge in [0.05, 0.1) is 19.3 Å². The molecule has 0 fully saturated rings. The van der Waals surface area contributed by atoms with E-state index in [0.29, 0.717) is 6.42 Å². The van der Waals surface area contributed by atoms with Crippen LogP contribution in [0.1, 0.15) is 31.4 Å². The van der Waals surface area contributed by atoms with Crippen molar-refractivity contribution in [3.05, 3.63) is 29.3 Å². The van der Waals surface area contributed by atoms with Crippen LogP contribution < -0.4 is 4.74 Å². The van der Waals surface area contributed by atoms with Crippen LogP contribution in [0.5, 0.6) is 5.75 Å². The summed E-state index contributed by atoms with van der Waals surface area (Å²) in [6.07, 6.45) is 0.490. The lowest BCUT2D eigenvalue weighted by Crippen LogP contribution is -2.22. The van der Waals surface area contributed by atoms with Crippen LogP contribution in [0.2, 0.25) is 0 Å². The molecule has 19 heavy (non-hydrogen) atoms. The third kappa shape index (κ3) is 4.94. The number of ether oxygens (including phenoxy) is 1. The molecule has 0 aliphatic rings. The predicted octanol–water partition coefficient (Wildman–Crippen LogP) is 2.27. The van der Waals surface area contributed by atoms with E-state index in [4.69, 9.17) is 9.84 Å². The van der Waals surface area contributed by atoms with E-state index in [-0.39, 0.29) is 6.61 Å². The predicted molar refractivity (Wildman–Crippen MR) is 78.2 cm³/mol. The smallest absolute Gasteiger partial charge is 0.134 e. The molecule has 0 aliphatic heterocycles. The van der Waals surface area contributed by atoms with Crippen molar-refractivity contribution in [1.29, 1.82) is 0 Å². The van der Waals surface area contributed by atoms with Crippen molar-refractivity contribution in [1.82, 2.24) is 4.90 Å². The van der Waals surface area contributed by atoms with E-state index in [1.54, 1.807) is 7.11 Å². The van der Waals surface area contributed by atoms with Crippen LogP contribution in [0.4, 0.5) is 0 Å². The summed E-state index contributed by atoms with van der Waals surface area (Å²) in [7, 11) is 1.65. The lowest BCUT2D eigenvalue weighted by Gasteiger charge is -2.18. The number of benzene rings is 1. The summed E-state index contributed by atoms with van der Waals surface area (Å²) in [4.78, 5) is 2.35. The summed E-state index contributed by atoms with van der Waals surface area (Å²) in [6, 6.07) is 6.11. The normalized spacial score (nSPS) is 10.2. The molecule has 0 aromatic heterocycles. The number of aliphatic hydroxyl groups excluding tert-OH is 1. The molecule has 0 aliphatic carbocycles. The van der Waals surface area contributed by atoms with Crippen molar-refractivity contribution >= 4 is 0 Å². The highest BCUT2D eigenvalue weighted by Gasteiger charge is 2.05. The summed E-state index contributed by atoms with van der Waals surface area (Å²) in [6.45, 7) is 7.41. The van der Waals surface area contributed by atoms with E-state index >= 15 is 0 Å². The van der Waals surface area contributed by atoms with Gasteiger partial charge in [0.2, 0.25) is 0 Å². The Balaban J connectivity index is 2.92. The molecule has 0 atom stereocenters. The minimum absolute atomic E-state index is 0.0917. The fourth-order valence-electron chi connectivity index (χ4n) is 1.87. The average Bonchev–Trinajstić information content (AvgIpc) is 2.45. The monoisotopic (exact) mass is 261 g/mol. The Hall–Kier alpha value is -1.50. The summed E-state index contributed by atoms with van der Waals surface area (Å²) in [5, 5.41) is 8.77. The van der Waals surface area contributed by atoms with Crippen LogP contribution in [0.3, 0.4) is 0 Å². The molecule has 1 rings (SSSR count). The van der Waals surface area contributed by atoms with Crippen LogP contribution in [-0.2, 0) is 6.54 Å². The second-order valence-electron chi connectivity index (χ2n) is 4.27. The Bertz CT molecular complexity index is 442. The quantitative estimate of drug-likeness (QED) is 0.797. The van der Waals surface area contributed by atoms with E-state index < -0.39 is 0 Å². The second kappa shape index (κ2) is 8.58. The Morgan fingerprint density at radius 3 is 2.58 bits per heavy atom. The van der Waals surface area contributed by atoms with Gasteiger partial charge in [-0.2, -0.15) is 0 Å². The van der Waals surface area contributed by atoms with Crippen LogP contribution in [-0.4, -0.2) is 36.8 Å². The maximum absolute atomic E-state index is 8.77. The molecule has 104 valence electrons. The van der Waals surface area contributed by atoms with Gasteiger partial charge in [-0.25, -0.2) is 0 Å². The van der Waals surface area contributed by atoms with Crippen molar-refractivity contribution in [2.24, 2.45) is 0 Å². The van der Waals surface area contributed by atoms with Crippen LogP contribution >= 0.6 is 0 Å². The van der Waals surface area contributed by atoms with Gasteiger partial charge < -0.3 is 9.84 Å². The highest BCUT2D eigenvalue weighted by atomic mass is 16.5. The molecule has 0 radical (unpaired) electrons. The molecule has 3 heteroatoms. The van der Waals surface area contributed by atoms with Gasteiger partial charge >= 0.3 is 0 Å². The first-order chi connectivity index (χ1) is 9.24. The van der Waals surface area contributed by atoms with E-state index in [2.05, 4.69) is 42.7 Å². The van der Waals surface area contributed by atoms with Gasteiger partial charge in [0.15, 0.2) is 0 Å². The van der Waals surface area contributed by atoms with Gasteiger partial charge in [0.25, 0.3) is 0 Å². The SMILES string of the molecule is CCN(CC)Cc1ccc(OC)c(C#CCCO)c1. The summed E-state index contributed by atoms with van der Waals surface area (Å²) < 4.78 is 5.31. The fraction of sp³-hybridized carbons (Fsp3) is 0.500. The standard InChI is InChI=1S/C16H23NO2/c1-4-17(5-2)13-14-9-10-16(19-3)15(12-14)8-6-7-11-18/h9-10,12,18H,4-5,7,11,13H2,1-3H3. The molecule has 0 amide bonds. The topological polar surface area (TPSA) is 32.7 Å². The first kappa shape index (κ1) is 15.6. The Labute approximate surface area is 116 Å². The number of hydrogen-bond donors (Lipinski definition) is 1. The van der Waals surface area contributed by atoms with Gasteiger partial charge in [-0.15, -0.1) is 0 Å². The zero-order chi connectivity index (χ0) is 14.1. The third-order valence-electron chi connectivity index (χ3n) is 3.02. The zero-order valence-corrected chi connectivity index (χ0v) is 12.1. The lowest BCUT2D eigenvalue weighted by atomic mass is 10.1. The average molecular weight is 261 g/mol. The van der Waals surface area contributed by atoms with E-state index in [9.17, 15) is 0 Å². The molecule has 1 aromatic carbocycles. The van der Waals surface area contributed by atoms with Crippen molar-refractivity contribution in [2.75, 3.05) is 26.8 Å². The van der Waals surface area contributed by atoms with Gasteiger partial charge in [0, 0.05) is 13.0 Å². The number of methoxy groups -OCH3 is 1. The van der Waals surface area contributed by atoms with Crippen molar-refractivity contribution in [3.63, 3.8) is 0 Å². The Morgan fingerprint density at radius 1 is 1.26 bits per heavy atom. The van der Waals surface area contributed by atoms with Crippen molar-refractivity contribution in [2.45, 2.75) is 26.8 Å². The second-order valence-corrected chi connectivity index (χ2v) is 4.27. The van der Waals surface area contributed by atoms with E-state index in [1.165, 1.54) is 5.56 Å². The number of nitrogens with zero attached hydrogens (tertiary/aromatic N) is 1. The summed E-state index contributed by atoms with van der Waals surface area (Å²) in [5.74, 6) is 6.79. The maximum Gasteiger partial charge on any atom is 0.134 e. The largest absolute Gasteiger partial charge is 0.495 e. The Morgan fingerprint density at radius 2 is 2.00 bits per heavy atom. The molecule has 0 saturated heterocycles. The first-order valence-electron chi connectivity index (χ1n) is 6.74. The molecule has 1 N–H and O–H groups in total. The van der Waals surface area contributed by atoms with Crippen molar-refractivity contribution in [3.8, 4) is 17.6 Å². The summed E-state index contributed by atoms with van der Waals surface area (Å²) >= 11 is 0. The third-order valence-corrected chi connectivity index (χ3v) is 3.02. The van der Waals surface area contributed by atoms with Crippen LogP contribution in [0.25, 0.3) is 0 Å². The minimum Gasteiger partial charge on any atom is -0.495 e. The van der Waals surface area contributed by atoms with Crippen LogP contribution in [0.15, 0.2) is 18.2 Å². The molecule has 0 spiro atoms. The molecule has 1 aromatic rings. The van der Waals surface area contributed by atoms with E-state index in [0.717, 1.165) is 30.9 Å². The van der Waals surface area contributed by atoms with Gasteiger partial charge in [0.1, 0.15) is 5.75 Å². The number of aliphatic hydroxyl groups is 1. The van der Waals surface area contributed by atoms with Crippen molar-refractivity contribution < 1.29 is 9.84 Å². The molecule has 3 nitrogen and oxygen atoms in total. The molecule has 0 bridgehead atoms. The highest BCUT2D eigenvalue weighted by Crippen LogP contribution is 2.19. The number of rotatable bonds is 6. The van der Waals surface area contributed by atoms with Gasteiger partial charge in [-0.05, 0) is 30.8 Å². The first-order valence-corrected chi connectivity index (χ1v) is 6.74. The molecule has 0 saturated carbocycles. The van der Waals surface area contributed by atoms with Gasteiger partial charge in [-0.1, -0.05) is 31.8 Å². The molecular weight excluding hydrogens is 238 g/mol.